The van der Waals surface area contributed by atoms with Crippen LogP contribution in [0.2, 0.25) is 0 Å². The minimum absolute atomic E-state index is 0.669. The third kappa shape index (κ3) is 3.49. The predicted octanol–water partition coefficient (Wildman–Crippen LogP) is 3.02. The maximum Gasteiger partial charge on any atom is 0.162 e. The van der Waals surface area contributed by atoms with Gasteiger partial charge >= 0.3 is 0 Å². The Kier molecular flexibility index (Phi) is 5.04. The molecule has 1 saturated heterocycles. The van der Waals surface area contributed by atoms with Crippen LogP contribution >= 0.6 is 11.9 Å². The zero-order chi connectivity index (χ0) is 20.5. The number of nitrogens with two attached hydrogens (primary N) is 2. The third-order valence-corrected chi connectivity index (χ3v) is 6.10. The van der Waals surface area contributed by atoms with Gasteiger partial charge in [-0.2, -0.15) is 5.10 Å². The van der Waals surface area contributed by atoms with Gasteiger partial charge in [0.1, 0.15) is 0 Å². The summed E-state index contributed by atoms with van der Waals surface area (Å²) in [6.07, 6.45) is 5.74. The van der Waals surface area contributed by atoms with E-state index >= 15 is 0 Å². The summed E-state index contributed by atoms with van der Waals surface area (Å²) in [7, 11) is 0. The number of hydrogen-bond donors (Lipinski definition) is 3. The highest BCUT2D eigenvalue weighted by Gasteiger charge is 2.13. The zero-order valence-electron chi connectivity index (χ0n) is 16.5. The van der Waals surface area contributed by atoms with Crippen molar-refractivity contribution in [3.63, 3.8) is 0 Å². The van der Waals surface area contributed by atoms with E-state index < -0.39 is 0 Å². The Labute approximate surface area is 179 Å². The van der Waals surface area contributed by atoms with Crippen LogP contribution in [0.15, 0.2) is 66.0 Å². The van der Waals surface area contributed by atoms with Gasteiger partial charge in [0, 0.05) is 66.0 Å². The number of nitrogens with one attached hydrogen (secondary N) is 1. The van der Waals surface area contributed by atoms with Crippen LogP contribution in [-0.2, 0) is 0 Å². The van der Waals surface area contributed by atoms with Crippen LogP contribution in [0.3, 0.4) is 0 Å². The van der Waals surface area contributed by atoms with Crippen molar-refractivity contribution in [1.82, 2.24) is 19.9 Å². The number of aromatic nitrogens is 3. The van der Waals surface area contributed by atoms with E-state index in [1.54, 1.807) is 0 Å². The van der Waals surface area contributed by atoms with Crippen LogP contribution in [-0.4, -0.2) is 40.8 Å². The normalized spacial score (nSPS) is 14.4. The molecule has 3 heterocycles. The van der Waals surface area contributed by atoms with Gasteiger partial charge in [0.2, 0.25) is 0 Å². The highest BCUT2D eigenvalue weighted by atomic mass is 32.2. The van der Waals surface area contributed by atoms with Gasteiger partial charge in [-0.1, -0.05) is 18.2 Å². The summed E-state index contributed by atoms with van der Waals surface area (Å²) in [6, 6.07) is 14.5. The first-order valence-electron chi connectivity index (χ1n) is 9.89. The highest BCUT2D eigenvalue weighted by Crippen LogP contribution is 2.31. The Hall–Kier alpha value is -3.07. The van der Waals surface area contributed by atoms with E-state index in [9.17, 15) is 0 Å². The standard InChI is InChI=1S/C22H23N7S/c23-20-6-3-16(11-21(20)30-24)19-13-27-29-14-17(12-26-22(19)29)15-1-4-18(5-2-15)28-9-7-25-8-10-28/h1-6,11-14,25H,7-10,23-24H2. The van der Waals surface area contributed by atoms with Crippen LogP contribution in [0.4, 0.5) is 11.4 Å². The van der Waals surface area contributed by atoms with E-state index in [-0.39, 0.29) is 0 Å². The lowest BCUT2D eigenvalue weighted by molar-refractivity contribution is 0.589. The molecule has 1 aliphatic heterocycles. The second-order valence-electron chi connectivity index (χ2n) is 7.32. The average Bonchev–Trinajstić information content (AvgIpc) is 3.23. The molecule has 1 fully saturated rings. The quantitative estimate of drug-likeness (QED) is 0.347. The number of fused-ring (bicyclic) bond motifs is 1. The first kappa shape index (κ1) is 18.9. The van der Waals surface area contributed by atoms with Crippen LogP contribution < -0.4 is 21.1 Å². The smallest absolute Gasteiger partial charge is 0.162 e. The summed E-state index contributed by atoms with van der Waals surface area (Å²) in [6.45, 7) is 4.14. The van der Waals surface area contributed by atoms with Crippen molar-refractivity contribution in [2.45, 2.75) is 4.90 Å². The molecule has 5 N–H and O–H groups in total. The molecule has 1 aliphatic rings. The van der Waals surface area contributed by atoms with Crippen LogP contribution in [0.1, 0.15) is 0 Å². The summed E-state index contributed by atoms with van der Waals surface area (Å²) >= 11 is 1.14. The summed E-state index contributed by atoms with van der Waals surface area (Å²) in [5.41, 5.74) is 12.8. The Morgan fingerprint density at radius 3 is 2.47 bits per heavy atom. The second-order valence-corrected chi connectivity index (χ2v) is 8.00. The number of anilines is 2. The van der Waals surface area contributed by atoms with Gasteiger partial charge in [0.25, 0.3) is 0 Å². The molecule has 0 aliphatic carbocycles. The number of rotatable bonds is 4. The predicted molar refractivity (Wildman–Crippen MR) is 123 cm³/mol. The van der Waals surface area contributed by atoms with E-state index in [2.05, 4.69) is 39.6 Å². The molecule has 7 nitrogen and oxygen atoms in total. The van der Waals surface area contributed by atoms with Gasteiger partial charge in [-0.3, -0.25) is 5.14 Å². The SMILES string of the molecule is NSc1cc(-c2cnn3cc(-c4ccc(N5CCNCC5)cc4)cnc23)ccc1N. The van der Waals surface area contributed by atoms with Gasteiger partial charge in [0.15, 0.2) is 5.65 Å². The van der Waals surface area contributed by atoms with E-state index in [0.717, 1.165) is 70.9 Å². The number of piperazine rings is 1. The number of benzene rings is 2. The molecule has 152 valence electrons. The van der Waals surface area contributed by atoms with Crippen LogP contribution in [0, 0.1) is 0 Å². The van der Waals surface area contributed by atoms with Gasteiger partial charge in [-0.15, -0.1) is 0 Å². The van der Waals surface area contributed by atoms with E-state index in [1.807, 2.05) is 41.3 Å². The van der Waals surface area contributed by atoms with Crippen molar-refractivity contribution < 1.29 is 0 Å². The molecule has 0 unspecified atom stereocenters. The fourth-order valence-electron chi connectivity index (χ4n) is 3.82. The molecule has 0 bridgehead atoms. The van der Waals surface area contributed by atoms with Gasteiger partial charge < -0.3 is 16.0 Å². The van der Waals surface area contributed by atoms with Gasteiger partial charge in [0.05, 0.1) is 6.20 Å². The molecule has 5 rings (SSSR count). The minimum atomic E-state index is 0.669. The molecule has 2 aromatic heterocycles. The topological polar surface area (TPSA) is 97.5 Å². The molecule has 0 saturated carbocycles. The lowest BCUT2D eigenvalue weighted by atomic mass is 10.1. The molecule has 0 spiro atoms. The Morgan fingerprint density at radius 2 is 1.70 bits per heavy atom. The van der Waals surface area contributed by atoms with E-state index in [1.165, 1.54) is 5.69 Å². The molecule has 0 atom stereocenters. The van der Waals surface area contributed by atoms with Crippen LogP contribution in [0.25, 0.3) is 27.9 Å². The number of hydrogen-bond acceptors (Lipinski definition) is 7. The van der Waals surface area contributed by atoms with Crippen molar-refractivity contribution in [1.29, 1.82) is 0 Å². The average molecular weight is 418 g/mol. The fourth-order valence-corrected chi connectivity index (χ4v) is 4.22. The summed E-state index contributed by atoms with van der Waals surface area (Å²) < 4.78 is 1.82. The summed E-state index contributed by atoms with van der Waals surface area (Å²) in [5, 5.41) is 13.6. The fraction of sp³-hybridized carbons (Fsp3) is 0.182. The van der Waals surface area contributed by atoms with Crippen molar-refractivity contribution >= 4 is 29.0 Å². The van der Waals surface area contributed by atoms with Gasteiger partial charge in [-0.25, -0.2) is 9.50 Å². The Bertz CT molecular complexity index is 1180. The molecule has 8 heteroatoms. The van der Waals surface area contributed by atoms with Gasteiger partial charge in [-0.05, 0) is 47.3 Å². The maximum absolute atomic E-state index is 5.97. The minimum Gasteiger partial charge on any atom is -0.398 e. The van der Waals surface area contributed by atoms with Crippen LogP contribution in [0.5, 0.6) is 0 Å². The Balaban J connectivity index is 1.45. The molecule has 4 aromatic rings. The lowest BCUT2D eigenvalue weighted by Gasteiger charge is -2.29. The number of nitrogen functional groups attached to an aromatic ring is 1. The molecule has 30 heavy (non-hydrogen) atoms. The first-order chi connectivity index (χ1) is 14.7. The molecule has 2 aromatic carbocycles. The molecule has 0 radical (unpaired) electrons. The van der Waals surface area contributed by atoms with Crippen molar-refractivity contribution in [3.8, 4) is 22.3 Å². The molecular weight excluding hydrogens is 394 g/mol. The van der Waals surface area contributed by atoms with E-state index in [4.69, 9.17) is 15.9 Å². The lowest BCUT2D eigenvalue weighted by Crippen LogP contribution is -2.43. The molecular formula is C22H23N7S. The molecule has 0 amide bonds. The Morgan fingerprint density at radius 1 is 0.933 bits per heavy atom. The monoisotopic (exact) mass is 417 g/mol. The summed E-state index contributed by atoms with van der Waals surface area (Å²) in [5.74, 6) is 0. The largest absolute Gasteiger partial charge is 0.398 e. The third-order valence-electron chi connectivity index (χ3n) is 5.49. The van der Waals surface area contributed by atoms with Crippen molar-refractivity contribution in [2.24, 2.45) is 5.14 Å². The maximum atomic E-state index is 5.97. The van der Waals surface area contributed by atoms with E-state index in [0.29, 0.717) is 5.69 Å². The highest BCUT2D eigenvalue weighted by molar-refractivity contribution is 7.97. The zero-order valence-corrected chi connectivity index (χ0v) is 17.3. The second kappa shape index (κ2) is 7.98. The summed E-state index contributed by atoms with van der Waals surface area (Å²) in [4.78, 5) is 7.94. The van der Waals surface area contributed by atoms with Crippen molar-refractivity contribution in [2.75, 3.05) is 36.8 Å². The van der Waals surface area contributed by atoms with Crippen molar-refractivity contribution in [3.05, 3.63) is 61.1 Å². The number of nitrogens with zero attached hydrogens (tertiary/aromatic N) is 4. The first-order valence-corrected chi connectivity index (χ1v) is 10.8.